The fraction of sp³-hybridized carbons (Fsp3) is 0.571. The van der Waals surface area contributed by atoms with Crippen molar-refractivity contribution in [2.75, 3.05) is 7.11 Å². The minimum atomic E-state index is 0.0690. The van der Waals surface area contributed by atoms with Crippen molar-refractivity contribution in [1.82, 2.24) is 0 Å². The Hall–Kier alpha value is -0.820. The second kappa shape index (κ2) is 3.34. The number of hydrogen-bond acceptors (Lipinski definition) is 1. The maximum absolute atomic E-state index is 5.93. The largest absolute Gasteiger partial charge is 0.373 e. The van der Waals surface area contributed by atoms with Crippen LogP contribution in [0, 0.1) is 11.8 Å². The van der Waals surface area contributed by atoms with Gasteiger partial charge in [0.15, 0.2) is 0 Å². The van der Waals surface area contributed by atoms with Crippen LogP contribution >= 0.6 is 0 Å². The van der Waals surface area contributed by atoms with Gasteiger partial charge in [-0.3, -0.25) is 0 Å². The molecule has 1 nitrogen and oxygen atoms in total. The lowest BCUT2D eigenvalue weighted by Crippen LogP contribution is -2.56. The Morgan fingerprint density at radius 3 is 2.33 bits per heavy atom. The molecule has 1 unspecified atom stereocenters. The SMILES string of the molecule is COC1(c2ccccc2)[C@@H]2CCC[C@H]1C2. The van der Waals surface area contributed by atoms with E-state index in [0.717, 1.165) is 11.8 Å². The Kier molecular flexibility index (Phi) is 2.10. The molecule has 1 aromatic carbocycles. The van der Waals surface area contributed by atoms with E-state index in [0.29, 0.717) is 0 Å². The average molecular weight is 202 g/mol. The third-order valence-electron chi connectivity index (χ3n) is 4.45. The summed E-state index contributed by atoms with van der Waals surface area (Å²) in [5, 5.41) is 0. The maximum atomic E-state index is 5.93. The van der Waals surface area contributed by atoms with E-state index >= 15 is 0 Å². The molecule has 0 amide bonds. The van der Waals surface area contributed by atoms with Gasteiger partial charge in [0.05, 0.1) is 5.60 Å². The quantitative estimate of drug-likeness (QED) is 0.714. The molecule has 2 fully saturated rings. The van der Waals surface area contributed by atoms with E-state index in [4.69, 9.17) is 4.74 Å². The molecule has 3 atom stereocenters. The standard InChI is InChI=1S/C14H18O/c1-15-14(11-6-3-2-4-7-11)12-8-5-9-13(14)10-12/h2-4,6-7,12-13H,5,8-10H2,1H3/t12-,13+,14?. The van der Waals surface area contributed by atoms with E-state index in [1.165, 1.54) is 31.2 Å². The molecule has 2 bridgehead atoms. The second-order valence-corrected chi connectivity index (χ2v) is 4.92. The Labute approximate surface area is 91.5 Å². The lowest BCUT2D eigenvalue weighted by molar-refractivity contribution is -0.206. The average Bonchev–Trinajstić information content (AvgIpc) is 2.33. The summed E-state index contributed by atoms with van der Waals surface area (Å²) in [5.41, 5.74) is 1.47. The molecule has 0 saturated heterocycles. The molecule has 0 aliphatic heterocycles. The molecule has 1 heteroatoms. The maximum Gasteiger partial charge on any atom is 0.0983 e. The highest BCUT2D eigenvalue weighted by atomic mass is 16.5. The molecule has 80 valence electrons. The number of rotatable bonds is 2. The summed E-state index contributed by atoms with van der Waals surface area (Å²) in [5.74, 6) is 1.53. The second-order valence-electron chi connectivity index (χ2n) is 4.92. The normalized spacial score (nSPS) is 38.5. The molecule has 2 saturated carbocycles. The molecule has 0 heterocycles. The number of hydrogen-bond donors (Lipinski definition) is 0. The Balaban J connectivity index is 2.01. The van der Waals surface area contributed by atoms with Gasteiger partial charge in [0.2, 0.25) is 0 Å². The van der Waals surface area contributed by atoms with Crippen molar-refractivity contribution in [1.29, 1.82) is 0 Å². The summed E-state index contributed by atoms with van der Waals surface area (Å²) in [6.07, 6.45) is 5.47. The minimum absolute atomic E-state index is 0.0690. The van der Waals surface area contributed by atoms with Gasteiger partial charge in [0.25, 0.3) is 0 Å². The van der Waals surface area contributed by atoms with Crippen LogP contribution in [0.5, 0.6) is 0 Å². The smallest absolute Gasteiger partial charge is 0.0983 e. The van der Waals surface area contributed by atoms with Crippen LogP contribution in [0.4, 0.5) is 0 Å². The van der Waals surface area contributed by atoms with Gasteiger partial charge in [0.1, 0.15) is 0 Å². The summed E-state index contributed by atoms with van der Waals surface area (Å²) >= 11 is 0. The van der Waals surface area contributed by atoms with Gasteiger partial charge in [-0.05, 0) is 36.7 Å². The van der Waals surface area contributed by atoms with Crippen molar-refractivity contribution >= 4 is 0 Å². The third-order valence-corrected chi connectivity index (χ3v) is 4.45. The first-order chi connectivity index (χ1) is 7.38. The summed E-state index contributed by atoms with van der Waals surface area (Å²) < 4.78 is 5.93. The van der Waals surface area contributed by atoms with Crippen LogP contribution in [0.3, 0.4) is 0 Å². The predicted octanol–water partition coefficient (Wildman–Crippen LogP) is 3.35. The number of benzene rings is 1. The van der Waals surface area contributed by atoms with Crippen LogP contribution in [-0.4, -0.2) is 7.11 Å². The Morgan fingerprint density at radius 1 is 1.13 bits per heavy atom. The van der Waals surface area contributed by atoms with Gasteiger partial charge in [-0.1, -0.05) is 36.8 Å². The number of methoxy groups -OCH3 is 1. The summed E-state index contributed by atoms with van der Waals surface area (Å²) in [4.78, 5) is 0. The van der Waals surface area contributed by atoms with Crippen LogP contribution < -0.4 is 0 Å². The minimum Gasteiger partial charge on any atom is -0.373 e. The van der Waals surface area contributed by atoms with Crippen LogP contribution in [-0.2, 0) is 10.3 Å². The monoisotopic (exact) mass is 202 g/mol. The van der Waals surface area contributed by atoms with E-state index in [1.54, 1.807) is 0 Å². The molecule has 2 aliphatic carbocycles. The highest BCUT2D eigenvalue weighted by Crippen LogP contribution is 2.60. The fourth-order valence-electron chi connectivity index (χ4n) is 3.76. The lowest BCUT2D eigenvalue weighted by Gasteiger charge is -2.59. The van der Waals surface area contributed by atoms with Crippen molar-refractivity contribution in [3.05, 3.63) is 35.9 Å². The topological polar surface area (TPSA) is 9.23 Å². The lowest BCUT2D eigenvalue weighted by atomic mass is 9.51. The van der Waals surface area contributed by atoms with Crippen molar-refractivity contribution in [2.24, 2.45) is 11.8 Å². The van der Waals surface area contributed by atoms with Crippen LogP contribution in [0.1, 0.15) is 31.2 Å². The first-order valence-electron chi connectivity index (χ1n) is 5.98. The molecule has 0 N–H and O–H groups in total. The van der Waals surface area contributed by atoms with E-state index < -0.39 is 0 Å². The summed E-state index contributed by atoms with van der Waals surface area (Å²) in [6, 6.07) is 10.8. The fourth-order valence-corrected chi connectivity index (χ4v) is 3.76. The highest BCUT2D eigenvalue weighted by molar-refractivity contribution is 5.29. The zero-order valence-electron chi connectivity index (χ0n) is 9.28. The molecule has 0 aromatic heterocycles. The molecule has 2 aliphatic rings. The van der Waals surface area contributed by atoms with E-state index in [1.807, 2.05) is 7.11 Å². The summed E-state index contributed by atoms with van der Waals surface area (Å²) in [7, 11) is 1.89. The third kappa shape index (κ3) is 1.13. The van der Waals surface area contributed by atoms with Crippen molar-refractivity contribution in [3.8, 4) is 0 Å². The van der Waals surface area contributed by atoms with E-state index in [-0.39, 0.29) is 5.60 Å². The van der Waals surface area contributed by atoms with E-state index in [9.17, 15) is 0 Å². The van der Waals surface area contributed by atoms with Crippen LogP contribution in [0.25, 0.3) is 0 Å². The highest BCUT2D eigenvalue weighted by Gasteiger charge is 2.57. The summed E-state index contributed by atoms with van der Waals surface area (Å²) in [6.45, 7) is 0. The molecule has 0 spiro atoms. The molecule has 1 aromatic rings. The Morgan fingerprint density at radius 2 is 1.80 bits per heavy atom. The molecular formula is C14H18O. The van der Waals surface area contributed by atoms with Gasteiger partial charge < -0.3 is 4.74 Å². The van der Waals surface area contributed by atoms with Crippen molar-refractivity contribution in [2.45, 2.75) is 31.3 Å². The van der Waals surface area contributed by atoms with Crippen LogP contribution in [0.2, 0.25) is 0 Å². The predicted molar refractivity (Wildman–Crippen MR) is 60.6 cm³/mol. The molecule has 0 radical (unpaired) electrons. The number of fused-ring (bicyclic) bond motifs is 2. The molecule has 3 rings (SSSR count). The van der Waals surface area contributed by atoms with Crippen molar-refractivity contribution in [3.63, 3.8) is 0 Å². The van der Waals surface area contributed by atoms with Gasteiger partial charge in [-0.15, -0.1) is 0 Å². The zero-order valence-corrected chi connectivity index (χ0v) is 9.28. The van der Waals surface area contributed by atoms with Gasteiger partial charge in [-0.25, -0.2) is 0 Å². The van der Waals surface area contributed by atoms with Gasteiger partial charge in [0, 0.05) is 7.11 Å². The number of ether oxygens (including phenoxy) is 1. The van der Waals surface area contributed by atoms with Crippen LogP contribution in [0.15, 0.2) is 30.3 Å². The van der Waals surface area contributed by atoms with Crippen molar-refractivity contribution < 1.29 is 4.74 Å². The Bertz CT molecular complexity index is 330. The van der Waals surface area contributed by atoms with E-state index in [2.05, 4.69) is 30.3 Å². The molecule has 15 heavy (non-hydrogen) atoms. The molecular weight excluding hydrogens is 184 g/mol. The first-order valence-corrected chi connectivity index (χ1v) is 5.98. The zero-order chi connectivity index (χ0) is 10.3. The first kappa shape index (κ1) is 9.41. The van der Waals surface area contributed by atoms with Gasteiger partial charge in [-0.2, -0.15) is 0 Å². The van der Waals surface area contributed by atoms with Gasteiger partial charge >= 0.3 is 0 Å².